The number of aromatic nitrogens is 1. The minimum atomic E-state index is -0.591. The summed E-state index contributed by atoms with van der Waals surface area (Å²) in [5, 5.41) is 5.65. The standard InChI is InChI=1S/C9H15N3O2S/c1-14-6-7(10)9(13)12-3-2-8-11-4-5-15-8/h4-5,7H,2-3,6,10H2,1H3,(H,12,13). The third-order valence-corrected chi connectivity index (χ3v) is 2.64. The van der Waals surface area contributed by atoms with Gasteiger partial charge in [-0.05, 0) is 0 Å². The Morgan fingerprint density at radius 1 is 1.80 bits per heavy atom. The van der Waals surface area contributed by atoms with Crippen LogP contribution in [0.2, 0.25) is 0 Å². The van der Waals surface area contributed by atoms with E-state index in [1.807, 2.05) is 5.38 Å². The average Bonchev–Trinajstić information content (AvgIpc) is 2.71. The fourth-order valence-corrected chi connectivity index (χ4v) is 1.68. The number of nitrogens with zero attached hydrogens (tertiary/aromatic N) is 1. The fourth-order valence-electron chi connectivity index (χ4n) is 1.06. The van der Waals surface area contributed by atoms with Gasteiger partial charge in [0, 0.05) is 31.7 Å². The van der Waals surface area contributed by atoms with Gasteiger partial charge in [-0.1, -0.05) is 0 Å². The van der Waals surface area contributed by atoms with Crippen molar-refractivity contribution in [3.05, 3.63) is 16.6 Å². The summed E-state index contributed by atoms with van der Waals surface area (Å²) < 4.78 is 4.78. The fraction of sp³-hybridized carbons (Fsp3) is 0.556. The molecule has 0 aromatic carbocycles. The lowest BCUT2D eigenvalue weighted by Gasteiger charge is -2.10. The zero-order valence-electron chi connectivity index (χ0n) is 8.60. The van der Waals surface area contributed by atoms with Crippen molar-refractivity contribution in [1.29, 1.82) is 0 Å². The minimum absolute atomic E-state index is 0.187. The molecule has 0 spiro atoms. The SMILES string of the molecule is COCC(N)C(=O)NCCc1nccs1. The number of hydrogen-bond acceptors (Lipinski definition) is 5. The second-order valence-electron chi connectivity index (χ2n) is 3.03. The lowest BCUT2D eigenvalue weighted by atomic mass is 10.3. The highest BCUT2D eigenvalue weighted by Crippen LogP contribution is 2.03. The number of nitrogens with one attached hydrogen (secondary N) is 1. The molecule has 1 amide bonds. The number of amides is 1. The lowest BCUT2D eigenvalue weighted by Crippen LogP contribution is -2.44. The predicted molar refractivity (Wildman–Crippen MR) is 58.7 cm³/mol. The van der Waals surface area contributed by atoms with Crippen molar-refractivity contribution in [2.75, 3.05) is 20.3 Å². The van der Waals surface area contributed by atoms with E-state index in [1.54, 1.807) is 17.5 Å². The Labute approximate surface area is 92.6 Å². The van der Waals surface area contributed by atoms with Gasteiger partial charge in [-0.25, -0.2) is 4.98 Å². The third kappa shape index (κ3) is 4.37. The van der Waals surface area contributed by atoms with Crippen LogP contribution < -0.4 is 11.1 Å². The van der Waals surface area contributed by atoms with Gasteiger partial charge in [-0.15, -0.1) is 11.3 Å². The van der Waals surface area contributed by atoms with E-state index in [0.29, 0.717) is 6.54 Å². The van der Waals surface area contributed by atoms with Crippen molar-refractivity contribution >= 4 is 17.2 Å². The molecule has 0 saturated heterocycles. The molecular formula is C9H15N3O2S. The molecule has 6 heteroatoms. The van der Waals surface area contributed by atoms with Crippen LogP contribution in [0.15, 0.2) is 11.6 Å². The Kier molecular flexibility index (Phi) is 5.23. The van der Waals surface area contributed by atoms with Crippen molar-refractivity contribution in [3.63, 3.8) is 0 Å². The molecule has 1 rings (SSSR count). The first-order valence-electron chi connectivity index (χ1n) is 4.64. The second-order valence-corrected chi connectivity index (χ2v) is 4.01. The summed E-state index contributed by atoms with van der Waals surface area (Å²) in [6.07, 6.45) is 2.49. The topological polar surface area (TPSA) is 77.2 Å². The van der Waals surface area contributed by atoms with Crippen LogP contribution in [0.5, 0.6) is 0 Å². The molecule has 1 aromatic heterocycles. The molecule has 5 nitrogen and oxygen atoms in total. The van der Waals surface area contributed by atoms with Gasteiger partial charge in [0.25, 0.3) is 0 Å². The first-order chi connectivity index (χ1) is 7.24. The van der Waals surface area contributed by atoms with Gasteiger partial charge in [0.05, 0.1) is 11.6 Å². The molecule has 1 heterocycles. The normalized spacial score (nSPS) is 12.4. The molecule has 0 fully saturated rings. The average molecular weight is 229 g/mol. The van der Waals surface area contributed by atoms with Crippen molar-refractivity contribution in [2.24, 2.45) is 5.73 Å². The highest BCUT2D eigenvalue weighted by molar-refractivity contribution is 7.09. The summed E-state index contributed by atoms with van der Waals surface area (Å²) in [6, 6.07) is -0.591. The van der Waals surface area contributed by atoms with Gasteiger partial charge in [0.2, 0.25) is 5.91 Å². The van der Waals surface area contributed by atoms with E-state index >= 15 is 0 Å². The molecule has 0 bridgehead atoms. The van der Waals surface area contributed by atoms with Gasteiger partial charge in [-0.2, -0.15) is 0 Å². The van der Waals surface area contributed by atoms with E-state index in [0.717, 1.165) is 11.4 Å². The smallest absolute Gasteiger partial charge is 0.239 e. The number of nitrogens with two attached hydrogens (primary N) is 1. The number of ether oxygens (including phenoxy) is 1. The summed E-state index contributed by atoms with van der Waals surface area (Å²) in [6.45, 7) is 0.798. The van der Waals surface area contributed by atoms with Crippen LogP contribution >= 0.6 is 11.3 Å². The zero-order valence-corrected chi connectivity index (χ0v) is 9.42. The van der Waals surface area contributed by atoms with Crippen LogP contribution in [0.3, 0.4) is 0 Å². The van der Waals surface area contributed by atoms with Gasteiger partial charge >= 0.3 is 0 Å². The van der Waals surface area contributed by atoms with Gasteiger partial charge in [-0.3, -0.25) is 4.79 Å². The first-order valence-corrected chi connectivity index (χ1v) is 5.52. The molecule has 0 aliphatic heterocycles. The number of thiazole rings is 1. The molecular weight excluding hydrogens is 214 g/mol. The Morgan fingerprint density at radius 2 is 2.60 bits per heavy atom. The van der Waals surface area contributed by atoms with E-state index in [2.05, 4.69) is 10.3 Å². The first kappa shape index (κ1) is 12.1. The molecule has 0 radical (unpaired) electrons. The van der Waals surface area contributed by atoms with E-state index in [1.165, 1.54) is 7.11 Å². The number of hydrogen-bond donors (Lipinski definition) is 2. The maximum atomic E-state index is 11.3. The zero-order chi connectivity index (χ0) is 11.1. The lowest BCUT2D eigenvalue weighted by molar-refractivity contribution is -0.123. The Morgan fingerprint density at radius 3 is 3.20 bits per heavy atom. The van der Waals surface area contributed by atoms with E-state index in [-0.39, 0.29) is 12.5 Å². The van der Waals surface area contributed by atoms with Gasteiger partial charge in [0.15, 0.2) is 0 Å². The van der Waals surface area contributed by atoms with Crippen molar-refractivity contribution < 1.29 is 9.53 Å². The van der Waals surface area contributed by atoms with Gasteiger partial charge < -0.3 is 15.8 Å². The predicted octanol–water partition coefficient (Wildman–Crippen LogP) is -0.224. The number of methoxy groups -OCH3 is 1. The minimum Gasteiger partial charge on any atom is -0.383 e. The van der Waals surface area contributed by atoms with Crippen LogP contribution in [0.4, 0.5) is 0 Å². The molecule has 15 heavy (non-hydrogen) atoms. The van der Waals surface area contributed by atoms with Crippen LogP contribution in [0, 0.1) is 0 Å². The molecule has 1 unspecified atom stereocenters. The molecule has 0 aliphatic carbocycles. The second kappa shape index (κ2) is 6.49. The summed E-state index contributed by atoms with van der Waals surface area (Å²) in [4.78, 5) is 15.4. The molecule has 84 valence electrons. The number of carbonyl (C=O) groups excluding carboxylic acids is 1. The quantitative estimate of drug-likeness (QED) is 0.706. The molecule has 1 aromatic rings. The van der Waals surface area contributed by atoms with Crippen molar-refractivity contribution in [3.8, 4) is 0 Å². The Hall–Kier alpha value is -0.980. The summed E-state index contributed by atoms with van der Waals surface area (Å²) >= 11 is 1.57. The molecule has 3 N–H and O–H groups in total. The summed E-state index contributed by atoms with van der Waals surface area (Å²) in [5.41, 5.74) is 5.54. The molecule has 0 saturated carbocycles. The number of rotatable bonds is 6. The van der Waals surface area contributed by atoms with E-state index < -0.39 is 6.04 Å². The maximum Gasteiger partial charge on any atom is 0.239 e. The highest BCUT2D eigenvalue weighted by Gasteiger charge is 2.11. The van der Waals surface area contributed by atoms with Gasteiger partial charge in [0.1, 0.15) is 6.04 Å². The van der Waals surface area contributed by atoms with E-state index in [9.17, 15) is 4.79 Å². The third-order valence-electron chi connectivity index (χ3n) is 1.80. The van der Waals surface area contributed by atoms with E-state index in [4.69, 9.17) is 10.5 Å². The maximum absolute atomic E-state index is 11.3. The van der Waals surface area contributed by atoms with Crippen molar-refractivity contribution in [1.82, 2.24) is 10.3 Å². The molecule has 1 atom stereocenters. The van der Waals surface area contributed by atoms with Crippen LogP contribution in [0.25, 0.3) is 0 Å². The summed E-state index contributed by atoms with van der Waals surface area (Å²) in [7, 11) is 1.52. The molecule has 0 aliphatic rings. The van der Waals surface area contributed by atoms with Crippen LogP contribution in [0.1, 0.15) is 5.01 Å². The largest absolute Gasteiger partial charge is 0.383 e. The summed E-state index contributed by atoms with van der Waals surface area (Å²) in [5.74, 6) is -0.187. The van der Waals surface area contributed by atoms with Crippen molar-refractivity contribution in [2.45, 2.75) is 12.5 Å². The number of carbonyl (C=O) groups is 1. The highest BCUT2D eigenvalue weighted by atomic mass is 32.1. The Balaban J connectivity index is 2.17. The monoisotopic (exact) mass is 229 g/mol. The van der Waals surface area contributed by atoms with Crippen LogP contribution in [-0.4, -0.2) is 37.2 Å². The Bertz CT molecular complexity index is 290. The van der Waals surface area contributed by atoms with Crippen LogP contribution in [-0.2, 0) is 16.0 Å².